The zero-order valence-electron chi connectivity index (χ0n) is 21.4. The normalized spacial score (nSPS) is 17.0. The fraction of sp³-hybridized carbons (Fsp3) is 0.367. The van der Waals surface area contributed by atoms with Gasteiger partial charge < -0.3 is 4.57 Å². The number of benzene rings is 2. The first-order chi connectivity index (χ1) is 18.2. The van der Waals surface area contributed by atoms with Crippen molar-refractivity contribution < 1.29 is 0 Å². The van der Waals surface area contributed by atoms with Gasteiger partial charge in [0.2, 0.25) is 5.82 Å². The zero-order chi connectivity index (χ0) is 24.9. The number of tetrazole rings is 1. The molecule has 3 aromatic heterocycles. The summed E-state index contributed by atoms with van der Waals surface area (Å²) in [6.45, 7) is 4.40. The van der Waals surface area contributed by atoms with E-state index in [1.54, 1.807) is 0 Å². The SMILES string of the molecule is CCc1nc2c(C)cc(CCC3CC3)nc2n1[C@H]1CCc2cc(-c3ccccc3-c3nn[nH]n3)ccc21. The summed E-state index contributed by atoms with van der Waals surface area (Å²) in [6, 6.07) is 17.7. The van der Waals surface area contributed by atoms with Gasteiger partial charge in [0, 0.05) is 17.7 Å². The van der Waals surface area contributed by atoms with Crippen molar-refractivity contribution in [2.75, 3.05) is 0 Å². The van der Waals surface area contributed by atoms with Crippen LogP contribution < -0.4 is 0 Å². The summed E-state index contributed by atoms with van der Waals surface area (Å²) in [4.78, 5) is 10.3. The highest BCUT2D eigenvalue weighted by atomic mass is 15.5. The molecule has 1 fully saturated rings. The number of aromatic nitrogens is 7. The molecule has 1 atom stereocenters. The minimum Gasteiger partial charge on any atom is -0.305 e. The van der Waals surface area contributed by atoms with Gasteiger partial charge in [0.1, 0.15) is 11.3 Å². The highest BCUT2D eigenvalue weighted by molar-refractivity contribution is 5.81. The third kappa shape index (κ3) is 3.93. The molecule has 2 aliphatic rings. The molecule has 186 valence electrons. The maximum atomic E-state index is 5.20. The molecule has 3 heterocycles. The Balaban J connectivity index is 1.28. The highest BCUT2D eigenvalue weighted by Gasteiger charge is 2.29. The molecular formula is C30H31N7. The third-order valence-corrected chi connectivity index (χ3v) is 8.11. The fourth-order valence-electron chi connectivity index (χ4n) is 6.03. The van der Waals surface area contributed by atoms with Crippen molar-refractivity contribution >= 4 is 11.2 Å². The van der Waals surface area contributed by atoms with Gasteiger partial charge in [-0.15, -0.1) is 10.2 Å². The number of imidazole rings is 1. The average Bonchev–Trinajstić information content (AvgIpc) is 3.29. The summed E-state index contributed by atoms with van der Waals surface area (Å²) in [5.74, 6) is 2.66. The number of hydrogen-bond acceptors (Lipinski definition) is 5. The van der Waals surface area contributed by atoms with Crippen molar-refractivity contribution in [3.05, 3.63) is 76.7 Å². The summed E-state index contributed by atoms with van der Waals surface area (Å²) >= 11 is 0. The molecule has 0 aliphatic heterocycles. The number of aromatic amines is 1. The van der Waals surface area contributed by atoms with Crippen LogP contribution >= 0.6 is 0 Å². The van der Waals surface area contributed by atoms with Crippen LogP contribution in [0.5, 0.6) is 0 Å². The predicted molar refractivity (Wildman–Crippen MR) is 144 cm³/mol. The number of nitrogens with one attached hydrogen (secondary N) is 1. The van der Waals surface area contributed by atoms with Gasteiger partial charge in [0.25, 0.3) is 0 Å². The van der Waals surface area contributed by atoms with Crippen LogP contribution in [0.3, 0.4) is 0 Å². The standard InChI is InChI=1S/C30H31N7/c1-3-27-32-28-18(2)16-22(13-10-19-8-9-19)31-30(28)37(27)26-15-12-21-17-20(11-14-24(21)26)23-6-4-5-7-25(23)29-33-35-36-34-29/h4-7,11,14,16-17,19,26H,3,8-10,12-13,15H2,1-2H3,(H,33,34,35,36)/t26-/m0/s1. The lowest BCUT2D eigenvalue weighted by Crippen LogP contribution is -2.12. The molecule has 37 heavy (non-hydrogen) atoms. The van der Waals surface area contributed by atoms with Gasteiger partial charge in [-0.3, -0.25) is 0 Å². The minimum atomic E-state index is 0.266. The van der Waals surface area contributed by atoms with Gasteiger partial charge in [-0.1, -0.05) is 62.2 Å². The predicted octanol–water partition coefficient (Wildman–Crippen LogP) is 6.03. The van der Waals surface area contributed by atoms with E-state index < -0.39 is 0 Å². The second-order valence-corrected chi connectivity index (χ2v) is 10.6. The van der Waals surface area contributed by atoms with Gasteiger partial charge in [-0.05, 0) is 77.6 Å². The second-order valence-electron chi connectivity index (χ2n) is 10.6. The zero-order valence-corrected chi connectivity index (χ0v) is 21.4. The van der Waals surface area contributed by atoms with E-state index in [0.717, 1.165) is 59.7 Å². The minimum absolute atomic E-state index is 0.266. The van der Waals surface area contributed by atoms with Gasteiger partial charge >= 0.3 is 0 Å². The molecule has 7 heteroatoms. The van der Waals surface area contributed by atoms with E-state index in [1.165, 1.54) is 47.2 Å². The van der Waals surface area contributed by atoms with Crippen LogP contribution in [0, 0.1) is 12.8 Å². The summed E-state index contributed by atoms with van der Waals surface area (Å²) in [6.07, 6.45) is 8.11. The van der Waals surface area contributed by atoms with Crippen LogP contribution in [0.4, 0.5) is 0 Å². The van der Waals surface area contributed by atoms with E-state index >= 15 is 0 Å². The lowest BCUT2D eigenvalue weighted by Gasteiger charge is -2.18. The van der Waals surface area contributed by atoms with Crippen LogP contribution in [-0.4, -0.2) is 35.2 Å². The molecule has 1 saturated carbocycles. The lowest BCUT2D eigenvalue weighted by molar-refractivity contribution is 0.566. The van der Waals surface area contributed by atoms with Gasteiger partial charge in [0.05, 0.1) is 6.04 Å². The maximum Gasteiger partial charge on any atom is 0.205 e. The molecule has 0 spiro atoms. The Labute approximate surface area is 216 Å². The smallest absolute Gasteiger partial charge is 0.205 e. The van der Waals surface area contributed by atoms with E-state index in [2.05, 4.69) is 81.5 Å². The Hall–Kier alpha value is -3.87. The molecule has 2 aliphatic carbocycles. The van der Waals surface area contributed by atoms with Crippen molar-refractivity contribution in [2.45, 2.75) is 64.8 Å². The van der Waals surface area contributed by atoms with E-state index in [9.17, 15) is 0 Å². The quantitative estimate of drug-likeness (QED) is 0.302. The fourth-order valence-corrected chi connectivity index (χ4v) is 6.03. The molecule has 0 saturated heterocycles. The third-order valence-electron chi connectivity index (χ3n) is 8.11. The molecular weight excluding hydrogens is 458 g/mol. The molecule has 0 unspecified atom stereocenters. The molecule has 0 radical (unpaired) electrons. The van der Waals surface area contributed by atoms with E-state index in [0.29, 0.717) is 5.82 Å². The van der Waals surface area contributed by atoms with Crippen LogP contribution in [0.25, 0.3) is 33.7 Å². The maximum absolute atomic E-state index is 5.20. The first-order valence-electron chi connectivity index (χ1n) is 13.5. The lowest BCUT2D eigenvalue weighted by atomic mass is 9.96. The summed E-state index contributed by atoms with van der Waals surface area (Å²) in [7, 11) is 0. The van der Waals surface area contributed by atoms with Crippen molar-refractivity contribution in [3.63, 3.8) is 0 Å². The number of nitrogens with zero attached hydrogens (tertiary/aromatic N) is 6. The van der Waals surface area contributed by atoms with E-state index in [1.807, 2.05) is 6.07 Å². The Morgan fingerprint density at radius 2 is 1.86 bits per heavy atom. The van der Waals surface area contributed by atoms with Crippen LogP contribution in [0.15, 0.2) is 48.5 Å². The summed E-state index contributed by atoms with van der Waals surface area (Å²) in [5, 5.41) is 14.8. The molecule has 7 nitrogen and oxygen atoms in total. The first-order valence-corrected chi connectivity index (χ1v) is 13.5. The highest BCUT2D eigenvalue weighted by Crippen LogP contribution is 2.41. The van der Waals surface area contributed by atoms with Crippen molar-refractivity contribution in [3.8, 4) is 22.5 Å². The molecule has 0 bridgehead atoms. The van der Waals surface area contributed by atoms with Crippen molar-refractivity contribution in [2.24, 2.45) is 5.92 Å². The number of hydrogen-bond donors (Lipinski definition) is 1. The van der Waals surface area contributed by atoms with Gasteiger partial charge in [-0.25, -0.2) is 9.97 Å². The number of pyridine rings is 1. The number of fused-ring (bicyclic) bond motifs is 2. The largest absolute Gasteiger partial charge is 0.305 e. The Kier molecular flexibility index (Phi) is 5.38. The average molecular weight is 490 g/mol. The van der Waals surface area contributed by atoms with E-state index in [4.69, 9.17) is 9.97 Å². The van der Waals surface area contributed by atoms with Crippen LogP contribution in [0.2, 0.25) is 0 Å². The van der Waals surface area contributed by atoms with Gasteiger partial charge in [0.15, 0.2) is 5.65 Å². The van der Waals surface area contributed by atoms with Crippen LogP contribution in [-0.2, 0) is 19.3 Å². The van der Waals surface area contributed by atoms with Crippen molar-refractivity contribution in [1.29, 1.82) is 0 Å². The molecule has 2 aromatic carbocycles. The number of aryl methyl sites for hydroxylation is 4. The second kappa shape index (κ2) is 8.91. The number of rotatable bonds is 7. The van der Waals surface area contributed by atoms with Gasteiger partial charge in [-0.2, -0.15) is 5.21 Å². The molecule has 5 aromatic rings. The number of H-pyrrole nitrogens is 1. The van der Waals surface area contributed by atoms with E-state index in [-0.39, 0.29) is 6.04 Å². The monoisotopic (exact) mass is 489 g/mol. The molecule has 0 amide bonds. The first kappa shape index (κ1) is 22.3. The summed E-state index contributed by atoms with van der Waals surface area (Å²) < 4.78 is 2.45. The summed E-state index contributed by atoms with van der Waals surface area (Å²) in [5.41, 5.74) is 10.7. The topological polar surface area (TPSA) is 85.2 Å². The Bertz CT molecular complexity index is 1590. The Morgan fingerprint density at radius 1 is 1.00 bits per heavy atom. The molecule has 1 N–H and O–H groups in total. The van der Waals surface area contributed by atoms with Crippen LogP contribution in [0.1, 0.15) is 66.9 Å². The Morgan fingerprint density at radius 3 is 2.65 bits per heavy atom. The molecule has 7 rings (SSSR count). The van der Waals surface area contributed by atoms with Crippen molar-refractivity contribution in [1.82, 2.24) is 35.2 Å².